The normalized spacial score (nSPS) is 11.3. The van der Waals surface area contributed by atoms with Crippen molar-refractivity contribution in [1.29, 1.82) is 10.5 Å². The number of benzene rings is 7. The quantitative estimate of drug-likeness (QED) is 0.199. The zero-order chi connectivity index (χ0) is 32.2. The summed E-state index contributed by atoms with van der Waals surface area (Å²) in [6.45, 7) is 0. The summed E-state index contributed by atoms with van der Waals surface area (Å²) in [5.41, 5.74) is 11.4. The lowest BCUT2D eigenvalue weighted by atomic mass is 10.00. The molecule has 0 fully saturated rings. The third-order valence-electron chi connectivity index (χ3n) is 9.40. The first-order chi connectivity index (χ1) is 23.7. The van der Waals surface area contributed by atoms with Crippen molar-refractivity contribution in [3.8, 4) is 45.8 Å². The van der Waals surface area contributed by atoms with E-state index >= 15 is 0 Å². The van der Waals surface area contributed by atoms with Crippen LogP contribution >= 0.6 is 0 Å². The zero-order valence-corrected chi connectivity index (χ0v) is 25.8. The molecule has 0 unspecified atom stereocenters. The van der Waals surface area contributed by atoms with Gasteiger partial charge in [-0.05, 0) is 70.8 Å². The molecule has 9 aromatic rings. The minimum Gasteiger partial charge on any atom is -0.309 e. The summed E-state index contributed by atoms with van der Waals surface area (Å²) < 4.78 is 4.44. The maximum absolute atomic E-state index is 10.1. The second-order valence-corrected chi connectivity index (χ2v) is 12.0. The van der Waals surface area contributed by atoms with E-state index in [0.29, 0.717) is 16.8 Å². The van der Waals surface area contributed by atoms with Gasteiger partial charge in [0.15, 0.2) is 0 Å². The number of aromatic nitrogens is 2. The molecule has 0 saturated heterocycles. The first-order valence-electron chi connectivity index (χ1n) is 15.9. The highest BCUT2D eigenvalue weighted by molar-refractivity contribution is 6.29. The van der Waals surface area contributed by atoms with Crippen LogP contribution in [0.2, 0.25) is 0 Å². The molecule has 0 aliphatic heterocycles. The van der Waals surface area contributed by atoms with Gasteiger partial charge in [0.1, 0.15) is 12.1 Å². The summed E-state index contributed by atoms with van der Waals surface area (Å²) in [7, 11) is 0. The molecule has 2 heterocycles. The number of para-hydroxylation sites is 3. The van der Waals surface area contributed by atoms with Crippen molar-refractivity contribution in [2.45, 2.75) is 0 Å². The molecule has 4 nitrogen and oxygen atoms in total. The molecule has 0 saturated carbocycles. The zero-order valence-electron chi connectivity index (χ0n) is 25.8. The third-order valence-corrected chi connectivity index (χ3v) is 9.40. The van der Waals surface area contributed by atoms with E-state index in [1.165, 1.54) is 11.1 Å². The number of hydrogen-bond donors (Lipinski definition) is 0. The first-order valence-corrected chi connectivity index (χ1v) is 15.9. The molecule has 0 aliphatic carbocycles. The molecule has 4 heteroatoms. The van der Waals surface area contributed by atoms with Crippen LogP contribution in [0.15, 0.2) is 158 Å². The van der Waals surface area contributed by atoms with Crippen molar-refractivity contribution < 1.29 is 0 Å². The maximum Gasteiger partial charge on any atom is 0.101 e. The highest BCUT2D eigenvalue weighted by Gasteiger charge is 2.22. The molecule has 48 heavy (non-hydrogen) atoms. The molecule has 7 aromatic carbocycles. The van der Waals surface area contributed by atoms with Crippen molar-refractivity contribution in [2.75, 3.05) is 0 Å². The average Bonchev–Trinajstić information content (AvgIpc) is 3.67. The average molecular weight is 611 g/mol. The molecule has 9 rings (SSSR count). The Hall–Kier alpha value is -6.88. The number of nitriles is 2. The fourth-order valence-electron chi connectivity index (χ4n) is 7.31. The van der Waals surface area contributed by atoms with Gasteiger partial charge in [-0.25, -0.2) is 0 Å². The Labute approximate surface area is 277 Å². The SMILES string of the molecule is N#Cc1cccc(C#N)c1-n1c2ccccc2c2c3c4ccccc4n(-c4cccc(-c5ccc(-c6ccccc6)cc5)c4)c3ccc21. The first kappa shape index (κ1) is 27.4. The second kappa shape index (κ2) is 10.9. The Morgan fingerprint density at radius 1 is 0.375 bits per heavy atom. The van der Waals surface area contributed by atoms with Gasteiger partial charge in [-0.15, -0.1) is 0 Å². The largest absolute Gasteiger partial charge is 0.309 e. The van der Waals surface area contributed by atoms with Crippen LogP contribution in [0, 0.1) is 22.7 Å². The van der Waals surface area contributed by atoms with Crippen LogP contribution in [0.3, 0.4) is 0 Å². The highest BCUT2D eigenvalue weighted by atomic mass is 15.0. The summed E-state index contributed by atoms with van der Waals surface area (Å²) >= 11 is 0. The van der Waals surface area contributed by atoms with Crippen molar-refractivity contribution in [3.05, 3.63) is 169 Å². The van der Waals surface area contributed by atoms with Gasteiger partial charge < -0.3 is 9.13 Å². The number of nitrogens with zero attached hydrogens (tertiary/aromatic N) is 4. The van der Waals surface area contributed by atoms with E-state index in [-0.39, 0.29) is 0 Å². The fourth-order valence-corrected chi connectivity index (χ4v) is 7.31. The lowest BCUT2D eigenvalue weighted by Crippen LogP contribution is -2.01. The van der Waals surface area contributed by atoms with Gasteiger partial charge in [0.2, 0.25) is 0 Å². The van der Waals surface area contributed by atoms with Crippen LogP contribution in [0.25, 0.3) is 77.2 Å². The predicted molar refractivity (Wildman–Crippen MR) is 195 cm³/mol. The topological polar surface area (TPSA) is 57.4 Å². The molecule has 0 N–H and O–H groups in total. The van der Waals surface area contributed by atoms with E-state index in [4.69, 9.17) is 0 Å². The van der Waals surface area contributed by atoms with Gasteiger partial charge in [-0.1, -0.05) is 109 Å². The van der Waals surface area contributed by atoms with Crippen LogP contribution in [0.4, 0.5) is 0 Å². The number of hydrogen-bond acceptors (Lipinski definition) is 2. The lowest BCUT2D eigenvalue weighted by molar-refractivity contribution is 1.15. The number of fused-ring (bicyclic) bond motifs is 7. The minimum atomic E-state index is 0.466. The van der Waals surface area contributed by atoms with Crippen LogP contribution in [0.1, 0.15) is 11.1 Å². The van der Waals surface area contributed by atoms with Gasteiger partial charge in [0, 0.05) is 27.2 Å². The molecule has 222 valence electrons. The third kappa shape index (κ3) is 4.07. The van der Waals surface area contributed by atoms with Crippen LogP contribution in [-0.4, -0.2) is 9.13 Å². The molecule has 0 amide bonds. The summed E-state index contributed by atoms with van der Waals surface area (Å²) in [4.78, 5) is 0. The lowest BCUT2D eigenvalue weighted by Gasteiger charge is -2.12. The van der Waals surface area contributed by atoms with Gasteiger partial charge in [0.25, 0.3) is 0 Å². The van der Waals surface area contributed by atoms with E-state index in [0.717, 1.165) is 60.4 Å². The van der Waals surface area contributed by atoms with Gasteiger partial charge >= 0.3 is 0 Å². The van der Waals surface area contributed by atoms with Crippen molar-refractivity contribution in [3.63, 3.8) is 0 Å². The van der Waals surface area contributed by atoms with Crippen molar-refractivity contribution in [1.82, 2.24) is 9.13 Å². The van der Waals surface area contributed by atoms with E-state index in [9.17, 15) is 10.5 Å². The summed E-state index contributed by atoms with van der Waals surface area (Å²) in [6.07, 6.45) is 0. The molecule has 0 bridgehead atoms. The second-order valence-electron chi connectivity index (χ2n) is 12.0. The van der Waals surface area contributed by atoms with E-state index in [1.807, 2.05) is 12.1 Å². The van der Waals surface area contributed by atoms with E-state index in [2.05, 4.69) is 149 Å². The van der Waals surface area contributed by atoms with Crippen LogP contribution in [0.5, 0.6) is 0 Å². The summed E-state index contributed by atoms with van der Waals surface area (Å²) in [6, 6.07) is 59.1. The number of rotatable bonds is 4. The Balaban J connectivity index is 1.30. The van der Waals surface area contributed by atoms with Gasteiger partial charge in [0.05, 0.1) is 38.9 Å². The summed E-state index contributed by atoms with van der Waals surface area (Å²) in [5.74, 6) is 0. The molecule has 0 radical (unpaired) electrons. The monoisotopic (exact) mass is 610 g/mol. The predicted octanol–water partition coefficient (Wildman–Crippen LogP) is 11.0. The van der Waals surface area contributed by atoms with Crippen molar-refractivity contribution in [2.24, 2.45) is 0 Å². The molecule has 0 aliphatic rings. The maximum atomic E-state index is 10.1. The van der Waals surface area contributed by atoms with Crippen LogP contribution < -0.4 is 0 Å². The van der Waals surface area contributed by atoms with E-state index < -0.39 is 0 Å². The fraction of sp³-hybridized carbons (Fsp3) is 0. The Morgan fingerprint density at radius 2 is 0.854 bits per heavy atom. The standard InChI is InChI=1S/C44H26N4/c45-27-33-13-8-14-34(28-46)44(33)48-39-19-7-5-17-37(39)43-41(48)25-24-40-42(43)36-16-4-6-18-38(36)47(40)35-15-9-12-32(26-35)31-22-20-30(21-23-31)29-10-2-1-3-11-29/h1-26H. The van der Waals surface area contributed by atoms with Gasteiger partial charge in [-0.3, -0.25) is 0 Å². The molecule has 0 atom stereocenters. The highest BCUT2D eigenvalue weighted by Crippen LogP contribution is 2.43. The Bertz CT molecular complexity index is 2750. The van der Waals surface area contributed by atoms with E-state index in [1.54, 1.807) is 18.2 Å². The molecule has 2 aromatic heterocycles. The van der Waals surface area contributed by atoms with Crippen molar-refractivity contribution >= 4 is 43.6 Å². The Kier molecular flexibility index (Phi) is 6.22. The molecule has 0 spiro atoms. The minimum absolute atomic E-state index is 0.466. The molecular formula is C44H26N4. The Morgan fingerprint density at radius 3 is 1.48 bits per heavy atom. The van der Waals surface area contributed by atoms with Gasteiger partial charge in [-0.2, -0.15) is 10.5 Å². The smallest absolute Gasteiger partial charge is 0.101 e. The summed E-state index contributed by atoms with van der Waals surface area (Å²) in [5, 5.41) is 24.7. The van der Waals surface area contributed by atoms with Crippen LogP contribution in [-0.2, 0) is 0 Å². The molecular weight excluding hydrogens is 585 g/mol.